The number of benzene rings is 2. The van der Waals surface area contributed by atoms with Crippen LogP contribution in [-0.4, -0.2) is 78.5 Å². The monoisotopic (exact) mass is 588 g/mol. The third-order valence-electron chi connectivity index (χ3n) is 7.14. The number of esters is 1. The first kappa shape index (κ1) is 30.8. The summed E-state index contributed by atoms with van der Waals surface area (Å²) in [4.78, 5) is 44.6. The van der Waals surface area contributed by atoms with Crippen molar-refractivity contribution < 1.29 is 36.7 Å². The largest absolute Gasteiger partial charge is 0.463 e. The predicted molar refractivity (Wildman–Crippen MR) is 147 cm³/mol. The highest BCUT2D eigenvalue weighted by atomic mass is 19.4. The maximum atomic E-state index is 13.7. The molecule has 2 aromatic rings. The first-order valence-corrected chi connectivity index (χ1v) is 13.6. The third kappa shape index (κ3) is 6.99. The number of hydrogen-bond donors (Lipinski definition) is 1. The van der Waals surface area contributed by atoms with E-state index in [0.717, 1.165) is 12.1 Å². The smallest absolute Gasteiger partial charge is 0.416 e. The van der Waals surface area contributed by atoms with Crippen molar-refractivity contribution in [3.63, 3.8) is 0 Å². The van der Waals surface area contributed by atoms with Crippen LogP contribution in [0.5, 0.6) is 0 Å². The zero-order valence-electron chi connectivity index (χ0n) is 23.1. The van der Waals surface area contributed by atoms with E-state index in [-0.39, 0.29) is 42.3 Å². The van der Waals surface area contributed by atoms with Gasteiger partial charge in [-0.2, -0.15) is 13.2 Å². The molecule has 0 aromatic heterocycles. The lowest BCUT2D eigenvalue weighted by atomic mass is 9.93. The second-order valence-electron chi connectivity index (χ2n) is 9.91. The maximum Gasteiger partial charge on any atom is 0.416 e. The molecule has 0 radical (unpaired) electrons. The quantitative estimate of drug-likeness (QED) is 0.273. The molecule has 0 unspecified atom stereocenters. The Hall–Kier alpha value is -4.19. The minimum Gasteiger partial charge on any atom is -0.463 e. The van der Waals surface area contributed by atoms with Gasteiger partial charge in [0.25, 0.3) is 5.91 Å². The molecule has 2 aliphatic rings. The molecule has 2 heterocycles. The van der Waals surface area contributed by atoms with Crippen molar-refractivity contribution in [2.75, 3.05) is 45.9 Å². The Morgan fingerprint density at radius 2 is 1.83 bits per heavy atom. The van der Waals surface area contributed by atoms with Crippen LogP contribution in [0.25, 0.3) is 0 Å². The second kappa shape index (κ2) is 13.2. The molecule has 0 saturated carbocycles. The topological polar surface area (TPSA) is 82.2 Å². The molecule has 1 fully saturated rings. The van der Waals surface area contributed by atoms with E-state index >= 15 is 0 Å². The molecular formula is C30H32F4N4O4. The Kier molecular flexibility index (Phi) is 9.66. The molecule has 2 aliphatic heterocycles. The van der Waals surface area contributed by atoms with Gasteiger partial charge in [-0.1, -0.05) is 24.3 Å². The number of carbonyl (C=O) groups excluding carboxylic acids is 3. The molecule has 1 N–H and O–H groups in total. The summed E-state index contributed by atoms with van der Waals surface area (Å²) < 4.78 is 58.6. The van der Waals surface area contributed by atoms with Gasteiger partial charge in [0.15, 0.2) is 0 Å². The zero-order valence-corrected chi connectivity index (χ0v) is 23.1. The predicted octanol–water partition coefficient (Wildman–Crippen LogP) is 4.76. The highest BCUT2D eigenvalue weighted by molar-refractivity contribution is 5.95. The fourth-order valence-corrected chi connectivity index (χ4v) is 5.11. The Bertz CT molecular complexity index is 1360. The number of carbonyl (C=O) groups is 3. The Morgan fingerprint density at radius 3 is 2.48 bits per heavy atom. The number of alkyl halides is 3. The third-order valence-corrected chi connectivity index (χ3v) is 7.14. The van der Waals surface area contributed by atoms with Crippen LogP contribution >= 0.6 is 0 Å². The second-order valence-corrected chi connectivity index (χ2v) is 9.91. The van der Waals surface area contributed by atoms with E-state index in [9.17, 15) is 31.9 Å². The number of nitrogens with one attached hydrogen (secondary N) is 1. The molecule has 1 saturated heterocycles. The summed E-state index contributed by atoms with van der Waals surface area (Å²) in [6, 6.07) is 8.17. The van der Waals surface area contributed by atoms with Gasteiger partial charge in [0.2, 0.25) is 0 Å². The average molecular weight is 589 g/mol. The molecule has 42 heavy (non-hydrogen) atoms. The zero-order chi connectivity index (χ0) is 30.4. The van der Waals surface area contributed by atoms with Crippen molar-refractivity contribution in [2.24, 2.45) is 0 Å². The van der Waals surface area contributed by atoms with Gasteiger partial charge in [-0.15, -0.1) is 6.58 Å². The van der Waals surface area contributed by atoms with Crippen LogP contribution in [0.4, 0.5) is 22.4 Å². The maximum absolute atomic E-state index is 13.7. The molecule has 0 aliphatic carbocycles. The van der Waals surface area contributed by atoms with Gasteiger partial charge in [-0.25, -0.2) is 14.0 Å². The molecule has 0 bridgehead atoms. The lowest BCUT2D eigenvalue weighted by Gasteiger charge is -2.38. The van der Waals surface area contributed by atoms with E-state index in [2.05, 4.69) is 11.9 Å². The van der Waals surface area contributed by atoms with Crippen molar-refractivity contribution in [2.45, 2.75) is 25.6 Å². The number of rotatable bonds is 8. The fourth-order valence-electron chi connectivity index (χ4n) is 5.11. The summed E-state index contributed by atoms with van der Waals surface area (Å²) >= 11 is 0. The van der Waals surface area contributed by atoms with Crippen LogP contribution in [-0.2, 0) is 15.7 Å². The van der Waals surface area contributed by atoms with Gasteiger partial charge in [-0.3, -0.25) is 14.6 Å². The van der Waals surface area contributed by atoms with Crippen molar-refractivity contribution in [3.05, 3.63) is 95.0 Å². The highest BCUT2D eigenvalue weighted by Gasteiger charge is 2.39. The molecular weight excluding hydrogens is 556 g/mol. The normalized spacial score (nSPS) is 18.4. The number of nitrogens with zero attached hydrogens (tertiary/aromatic N) is 3. The van der Waals surface area contributed by atoms with Gasteiger partial charge in [-0.05, 0) is 49.2 Å². The van der Waals surface area contributed by atoms with E-state index in [1.54, 1.807) is 17.9 Å². The lowest BCUT2D eigenvalue weighted by Crippen LogP contribution is -2.51. The molecule has 12 heteroatoms. The minimum atomic E-state index is -4.54. The van der Waals surface area contributed by atoms with Crippen LogP contribution in [0.2, 0.25) is 0 Å². The van der Waals surface area contributed by atoms with E-state index in [0.29, 0.717) is 38.3 Å². The van der Waals surface area contributed by atoms with Crippen LogP contribution in [0.3, 0.4) is 0 Å². The number of urea groups is 1. The average Bonchev–Trinajstić information content (AvgIpc) is 3.19. The first-order valence-electron chi connectivity index (χ1n) is 13.6. The van der Waals surface area contributed by atoms with Crippen LogP contribution in [0, 0.1) is 5.82 Å². The van der Waals surface area contributed by atoms with E-state index in [4.69, 9.17) is 4.74 Å². The Morgan fingerprint density at radius 1 is 1.10 bits per heavy atom. The number of ether oxygens (including phenoxy) is 1. The summed E-state index contributed by atoms with van der Waals surface area (Å²) in [5.74, 6) is -1.50. The first-order chi connectivity index (χ1) is 20.0. The Balaban J connectivity index is 1.66. The number of amides is 3. The number of hydrogen-bond acceptors (Lipinski definition) is 5. The van der Waals surface area contributed by atoms with Gasteiger partial charge in [0, 0.05) is 50.5 Å². The van der Waals surface area contributed by atoms with Gasteiger partial charge >= 0.3 is 18.2 Å². The van der Waals surface area contributed by atoms with Gasteiger partial charge < -0.3 is 15.0 Å². The highest BCUT2D eigenvalue weighted by Crippen LogP contribution is 2.35. The van der Waals surface area contributed by atoms with E-state index in [1.807, 2.05) is 4.90 Å². The molecule has 4 rings (SSSR count). The molecule has 8 nitrogen and oxygen atoms in total. The van der Waals surface area contributed by atoms with Crippen LogP contribution < -0.4 is 5.32 Å². The molecule has 0 spiro atoms. The molecule has 3 amide bonds. The SMILES string of the molecule is C=CCN1C(=O)N[C@@H](c2ccc(C(F)(F)F)cc2)C(C(=O)OCC)=C1CN1CCCN(C(=O)c2cccc(F)c2)CC1. The molecule has 2 aromatic carbocycles. The van der Waals surface area contributed by atoms with Crippen LogP contribution in [0.1, 0.15) is 40.9 Å². The molecule has 224 valence electrons. The fraction of sp³-hybridized carbons (Fsp3) is 0.367. The summed E-state index contributed by atoms with van der Waals surface area (Å²) in [6.45, 7) is 7.28. The van der Waals surface area contributed by atoms with Crippen molar-refractivity contribution in [3.8, 4) is 0 Å². The van der Waals surface area contributed by atoms with Crippen molar-refractivity contribution >= 4 is 17.9 Å². The Labute approximate surface area is 241 Å². The number of halogens is 4. The summed E-state index contributed by atoms with van der Waals surface area (Å²) in [5.41, 5.74) is 0.126. The van der Waals surface area contributed by atoms with E-state index in [1.165, 1.54) is 41.3 Å². The van der Waals surface area contributed by atoms with Crippen molar-refractivity contribution in [1.29, 1.82) is 0 Å². The summed E-state index contributed by atoms with van der Waals surface area (Å²) in [7, 11) is 0. The summed E-state index contributed by atoms with van der Waals surface area (Å²) in [6.07, 6.45) is -2.46. The van der Waals surface area contributed by atoms with Gasteiger partial charge in [0.1, 0.15) is 5.82 Å². The standard InChI is InChI=1S/C30H32F4N4O4/c1-3-13-38-24(19-36-14-6-15-37(17-16-36)27(39)21-7-5-8-23(31)18-21)25(28(40)42-4-2)26(35-29(38)41)20-9-11-22(12-10-20)30(32,33)34/h3,5,7-12,18,26H,1,4,6,13-17,19H2,2H3,(H,35,41)/t26-/m0/s1. The van der Waals surface area contributed by atoms with Crippen LogP contribution in [0.15, 0.2) is 72.5 Å². The minimum absolute atomic E-state index is 0.0472. The summed E-state index contributed by atoms with van der Waals surface area (Å²) in [5, 5.41) is 2.74. The molecule has 1 atom stereocenters. The van der Waals surface area contributed by atoms with E-state index < -0.39 is 35.6 Å². The van der Waals surface area contributed by atoms with Gasteiger partial charge in [0.05, 0.1) is 23.8 Å². The lowest BCUT2D eigenvalue weighted by molar-refractivity contribution is -0.139. The van der Waals surface area contributed by atoms with Crippen molar-refractivity contribution in [1.82, 2.24) is 20.0 Å².